The molecule has 0 radical (unpaired) electrons. The average Bonchev–Trinajstić information content (AvgIpc) is 2.26. The summed E-state index contributed by atoms with van der Waals surface area (Å²) in [6.07, 6.45) is 0.821. The lowest BCUT2D eigenvalue weighted by Crippen LogP contribution is -2.35. The van der Waals surface area contributed by atoms with Gasteiger partial charge in [0.1, 0.15) is 5.78 Å². The van der Waals surface area contributed by atoms with Crippen LogP contribution in [0, 0.1) is 17.8 Å². The van der Waals surface area contributed by atoms with Gasteiger partial charge in [-0.3, -0.25) is 4.79 Å². The van der Waals surface area contributed by atoms with Gasteiger partial charge in [-0.1, -0.05) is 20.8 Å². The van der Waals surface area contributed by atoms with Crippen LogP contribution in [0.4, 0.5) is 8.78 Å². The van der Waals surface area contributed by atoms with Gasteiger partial charge in [-0.2, -0.15) is 0 Å². The van der Waals surface area contributed by atoms with Crippen molar-refractivity contribution in [2.45, 2.75) is 39.5 Å². The van der Waals surface area contributed by atoms with E-state index in [0.29, 0.717) is 12.8 Å². The first-order valence-corrected chi connectivity index (χ1v) is 4.79. The van der Waals surface area contributed by atoms with Gasteiger partial charge in [-0.05, 0) is 12.8 Å². The minimum atomic E-state index is -2.78. The van der Waals surface area contributed by atoms with Gasteiger partial charge < -0.3 is 0 Å². The maximum absolute atomic E-state index is 13.4. The summed E-state index contributed by atoms with van der Waals surface area (Å²) in [4.78, 5) is 11.4. The molecule has 0 N–H and O–H groups in total. The van der Waals surface area contributed by atoms with Crippen LogP contribution in [0.1, 0.15) is 33.6 Å². The van der Waals surface area contributed by atoms with Crippen LogP contribution in [0.25, 0.3) is 0 Å². The molecule has 1 aliphatic rings. The first-order valence-electron chi connectivity index (χ1n) is 4.79. The van der Waals surface area contributed by atoms with E-state index in [0.717, 1.165) is 0 Å². The van der Waals surface area contributed by atoms with E-state index < -0.39 is 17.8 Å². The van der Waals surface area contributed by atoms with Crippen molar-refractivity contribution in [1.29, 1.82) is 0 Å². The smallest absolute Gasteiger partial charge is 0.260 e. The number of rotatable bonds is 2. The Balaban J connectivity index is 2.78. The molecule has 76 valence electrons. The van der Waals surface area contributed by atoms with Crippen LogP contribution < -0.4 is 0 Å². The topological polar surface area (TPSA) is 17.1 Å². The second-order valence-electron chi connectivity index (χ2n) is 4.26. The van der Waals surface area contributed by atoms with E-state index in [4.69, 9.17) is 0 Å². The van der Waals surface area contributed by atoms with Crippen LogP contribution in [-0.4, -0.2) is 11.7 Å². The van der Waals surface area contributed by atoms with Gasteiger partial charge in [0.05, 0.1) is 5.92 Å². The van der Waals surface area contributed by atoms with Crippen molar-refractivity contribution in [1.82, 2.24) is 0 Å². The standard InChI is InChI=1S/C10H16F2O/c1-6(2)9(13)8-5-4-7(3)10(8,11)12/h6-8H,4-5H2,1-3H3/t7-,8-/m1/s1. The zero-order valence-electron chi connectivity index (χ0n) is 8.31. The van der Waals surface area contributed by atoms with E-state index in [-0.39, 0.29) is 11.7 Å². The molecule has 0 heterocycles. The fourth-order valence-electron chi connectivity index (χ4n) is 1.88. The van der Waals surface area contributed by atoms with Gasteiger partial charge in [0.25, 0.3) is 5.92 Å². The lowest BCUT2D eigenvalue weighted by Gasteiger charge is -2.22. The maximum atomic E-state index is 13.4. The Morgan fingerprint density at radius 3 is 2.23 bits per heavy atom. The van der Waals surface area contributed by atoms with Crippen LogP contribution in [0.15, 0.2) is 0 Å². The van der Waals surface area contributed by atoms with Gasteiger partial charge in [-0.25, -0.2) is 8.78 Å². The minimum absolute atomic E-state index is 0.277. The lowest BCUT2D eigenvalue weighted by atomic mass is 9.90. The molecular weight excluding hydrogens is 174 g/mol. The predicted octanol–water partition coefficient (Wildman–Crippen LogP) is 2.89. The number of hydrogen-bond donors (Lipinski definition) is 0. The molecule has 0 spiro atoms. The fourth-order valence-corrected chi connectivity index (χ4v) is 1.88. The maximum Gasteiger partial charge on any atom is 0.260 e. The highest BCUT2D eigenvalue weighted by atomic mass is 19.3. The van der Waals surface area contributed by atoms with E-state index in [9.17, 15) is 13.6 Å². The first kappa shape index (κ1) is 10.6. The molecule has 1 saturated carbocycles. The number of hydrogen-bond acceptors (Lipinski definition) is 1. The van der Waals surface area contributed by atoms with Gasteiger partial charge in [0.15, 0.2) is 0 Å². The zero-order valence-corrected chi connectivity index (χ0v) is 8.31. The SMILES string of the molecule is CC(C)C(=O)[C@H]1CC[C@@H](C)C1(F)F. The molecule has 3 heteroatoms. The third kappa shape index (κ3) is 1.74. The van der Waals surface area contributed by atoms with Crippen LogP contribution >= 0.6 is 0 Å². The molecular formula is C10H16F2O. The van der Waals surface area contributed by atoms with Crippen LogP contribution in [0.5, 0.6) is 0 Å². The Hall–Kier alpha value is -0.470. The van der Waals surface area contributed by atoms with Gasteiger partial charge in [-0.15, -0.1) is 0 Å². The molecule has 0 aliphatic heterocycles. The third-order valence-electron chi connectivity index (χ3n) is 2.92. The lowest BCUT2D eigenvalue weighted by molar-refractivity contribution is -0.140. The summed E-state index contributed by atoms with van der Waals surface area (Å²) in [6, 6.07) is 0. The van der Waals surface area contributed by atoms with Crippen molar-refractivity contribution >= 4 is 5.78 Å². The quantitative estimate of drug-likeness (QED) is 0.654. The van der Waals surface area contributed by atoms with Crippen molar-refractivity contribution in [2.24, 2.45) is 17.8 Å². The predicted molar refractivity (Wildman–Crippen MR) is 46.7 cm³/mol. The molecule has 1 fully saturated rings. The van der Waals surface area contributed by atoms with Crippen molar-refractivity contribution in [2.75, 3.05) is 0 Å². The first-order chi connectivity index (χ1) is 5.87. The average molecular weight is 190 g/mol. The summed E-state index contributed by atoms with van der Waals surface area (Å²) in [6.45, 7) is 4.89. The number of alkyl halides is 2. The summed E-state index contributed by atoms with van der Waals surface area (Å²) < 4.78 is 26.8. The molecule has 0 saturated heterocycles. The zero-order chi connectivity index (χ0) is 10.2. The summed E-state index contributed by atoms with van der Waals surface area (Å²) in [5, 5.41) is 0. The van der Waals surface area contributed by atoms with Crippen LogP contribution in [0.3, 0.4) is 0 Å². The normalized spacial score (nSPS) is 32.5. The Labute approximate surface area is 77.5 Å². The Bertz CT molecular complexity index is 211. The minimum Gasteiger partial charge on any atom is -0.299 e. The van der Waals surface area contributed by atoms with Gasteiger partial charge in [0, 0.05) is 11.8 Å². The molecule has 0 amide bonds. The highest BCUT2D eigenvalue weighted by Gasteiger charge is 2.53. The summed E-state index contributed by atoms with van der Waals surface area (Å²) in [5.74, 6) is -5.00. The molecule has 0 aromatic carbocycles. The summed E-state index contributed by atoms with van der Waals surface area (Å²) in [7, 11) is 0. The van der Waals surface area contributed by atoms with Crippen molar-refractivity contribution in [3.63, 3.8) is 0 Å². The number of ketones is 1. The van der Waals surface area contributed by atoms with Gasteiger partial charge >= 0.3 is 0 Å². The number of carbonyl (C=O) groups is 1. The highest BCUT2D eigenvalue weighted by Crippen LogP contribution is 2.45. The number of Topliss-reactive ketones (excluding diaryl/α,β-unsaturated/α-hetero) is 1. The molecule has 1 rings (SSSR count). The van der Waals surface area contributed by atoms with E-state index in [1.807, 2.05) is 0 Å². The van der Waals surface area contributed by atoms with Crippen molar-refractivity contribution < 1.29 is 13.6 Å². The van der Waals surface area contributed by atoms with Crippen molar-refractivity contribution in [3.8, 4) is 0 Å². The Kier molecular flexibility index (Phi) is 2.74. The molecule has 0 unspecified atom stereocenters. The molecule has 0 bridgehead atoms. The molecule has 13 heavy (non-hydrogen) atoms. The van der Waals surface area contributed by atoms with Gasteiger partial charge in [0.2, 0.25) is 0 Å². The largest absolute Gasteiger partial charge is 0.299 e. The molecule has 0 aromatic rings. The third-order valence-corrected chi connectivity index (χ3v) is 2.92. The van der Waals surface area contributed by atoms with E-state index in [2.05, 4.69) is 0 Å². The molecule has 0 aromatic heterocycles. The van der Waals surface area contributed by atoms with E-state index >= 15 is 0 Å². The monoisotopic (exact) mass is 190 g/mol. The highest BCUT2D eigenvalue weighted by molar-refractivity contribution is 5.84. The Morgan fingerprint density at radius 2 is 1.92 bits per heavy atom. The van der Waals surface area contributed by atoms with Crippen LogP contribution in [-0.2, 0) is 4.79 Å². The van der Waals surface area contributed by atoms with E-state index in [1.54, 1.807) is 13.8 Å². The fraction of sp³-hybridized carbons (Fsp3) is 0.900. The van der Waals surface area contributed by atoms with E-state index in [1.165, 1.54) is 6.92 Å². The molecule has 1 aliphatic carbocycles. The molecule has 2 atom stereocenters. The second kappa shape index (κ2) is 3.35. The summed E-state index contributed by atoms with van der Waals surface area (Å²) >= 11 is 0. The Morgan fingerprint density at radius 1 is 1.38 bits per heavy atom. The number of carbonyl (C=O) groups excluding carboxylic acids is 1. The van der Waals surface area contributed by atoms with Crippen molar-refractivity contribution in [3.05, 3.63) is 0 Å². The number of halogens is 2. The molecule has 1 nitrogen and oxygen atoms in total. The summed E-state index contributed by atoms with van der Waals surface area (Å²) in [5.41, 5.74) is 0. The van der Waals surface area contributed by atoms with Crippen LogP contribution in [0.2, 0.25) is 0 Å². The second-order valence-corrected chi connectivity index (χ2v) is 4.26.